The smallest absolute Gasteiger partial charge is 0.374 e. The van der Waals surface area contributed by atoms with E-state index in [0.717, 1.165) is 18.9 Å². The molecule has 7 nitrogen and oxygen atoms in total. The normalized spacial score (nSPS) is 11.3. The Balaban J connectivity index is 1.72. The minimum Gasteiger partial charge on any atom is -0.494 e. The van der Waals surface area contributed by atoms with Crippen molar-refractivity contribution in [3.05, 3.63) is 70.1 Å². The van der Waals surface area contributed by atoms with Crippen molar-refractivity contribution in [3.8, 4) is 5.75 Å². The molecule has 1 amide bonds. The maximum atomic E-state index is 12.9. The molecule has 0 atom stereocenters. The Morgan fingerprint density at radius 2 is 1.69 bits per heavy atom. The third-order valence-corrected chi connectivity index (χ3v) is 5.24. The number of ether oxygens (including phenoxy) is 2. The molecule has 1 N–H and O–H groups in total. The number of benzene rings is 2. The number of para-hydroxylation sites is 1. The predicted octanol–water partition coefficient (Wildman–Crippen LogP) is 6.35. The number of anilines is 1. The first-order valence-corrected chi connectivity index (χ1v) is 12.0. The number of esters is 1. The molecule has 0 aliphatic rings. The number of unbranched alkanes of at least 4 members (excludes halogenated alkanes) is 4. The minimum absolute atomic E-state index is 0.109. The average Bonchev–Trinajstić information content (AvgIpc) is 2.81. The maximum absolute atomic E-state index is 12.9. The van der Waals surface area contributed by atoms with Crippen LogP contribution in [-0.2, 0) is 4.74 Å². The quantitative estimate of drug-likeness (QED) is 0.269. The van der Waals surface area contributed by atoms with Crippen LogP contribution in [0.1, 0.15) is 80.7 Å². The van der Waals surface area contributed by atoms with Gasteiger partial charge >= 0.3 is 5.97 Å². The van der Waals surface area contributed by atoms with Crippen LogP contribution in [0.3, 0.4) is 0 Å². The molecule has 1 heterocycles. The molecule has 3 rings (SSSR count). The first-order valence-electron chi connectivity index (χ1n) is 12.0. The molecule has 2 aromatic carbocycles. The lowest BCUT2D eigenvalue weighted by Crippen LogP contribution is -2.24. The Morgan fingerprint density at radius 1 is 0.971 bits per heavy atom. The molecule has 0 saturated heterocycles. The zero-order valence-electron chi connectivity index (χ0n) is 20.8. The monoisotopic (exact) mass is 479 g/mol. The Morgan fingerprint density at radius 3 is 2.37 bits per heavy atom. The summed E-state index contributed by atoms with van der Waals surface area (Å²) < 4.78 is 16.8. The number of fused-ring (bicyclic) bond motifs is 1. The van der Waals surface area contributed by atoms with E-state index in [1.165, 1.54) is 19.3 Å². The predicted molar refractivity (Wildman–Crippen MR) is 136 cm³/mol. The SMILES string of the molecule is CCCCCCCOc1ccc(C(=O)Nc2cccc3c(=O)cc(C(=O)OC(C)(C)C)oc23)cc1. The van der Waals surface area contributed by atoms with E-state index in [0.29, 0.717) is 17.9 Å². The molecule has 0 unspecified atom stereocenters. The minimum atomic E-state index is -0.751. The van der Waals surface area contributed by atoms with Crippen molar-refractivity contribution in [3.63, 3.8) is 0 Å². The molecule has 0 saturated carbocycles. The number of nitrogens with one attached hydrogen (secondary N) is 1. The highest BCUT2D eigenvalue weighted by Gasteiger charge is 2.22. The third-order valence-electron chi connectivity index (χ3n) is 5.24. The van der Waals surface area contributed by atoms with Crippen LogP contribution in [0.2, 0.25) is 0 Å². The van der Waals surface area contributed by atoms with Crippen molar-refractivity contribution < 1.29 is 23.5 Å². The standard InChI is InChI=1S/C28H33NO6/c1-5-6-7-8-9-17-33-20-15-13-19(14-16-20)26(31)29-22-12-10-11-21-23(30)18-24(34-25(21)22)27(32)35-28(2,3)4/h10-16,18H,5-9,17H2,1-4H3,(H,29,31). The van der Waals surface area contributed by atoms with Crippen molar-refractivity contribution in [2.75, 3.05) is 11.9 Å². The summed E-state index contributed by atoms with van der Waals surface area (Å²) in [5.41, 5.74) is -0.342. The van der Waals surface area contributed by atoms with Gasteiger partial charge in [-0.25, -0.2) is 4.79 Å². The van der Waals surface area contributed by atoms with E-state index in [4.69, 9.17) is 13.9 Å². The molecule has 0 aliphatic heterocycles. The number of amides is 1. The van der Waals surface area contributed by atoms with Gasteiger partial charge in [-0.05, 0) is 63.6 Å². The second-order valence-corrected chi connectivity index (χ2v) is 9.40. The summed E-state index contributed by atoms with van der Waals surface area (Å²) in [6.07, 6.45) is 5.81. The highest BCUT2D eigenvalue weighted by molar-refractivity contribution is 6.08. The van der Waals surface area contributed by atoms with Gasteiger partial charge in [0.1, 0.15) is 11.4 Å². The number of hydrogen-bond donors (Lipinski definition) is 1. The van der Waals surface area contributed by atoms with E-state index in [9.17, 15) is 14.4 Å². The fourth-order valence-corrected chi connectivity index (χ4v) is 3.50. The Hall–Kier alpha value is -3.61. The lowest BCUT2D eigenvalue weighted by atomic mass is 10.1. The first kappa shape index (κ1) is 26.0. The van der Waals surface area contributed by atoms with Crippen molar-refractivity contribution in [1.29, 1.82) is 0 Å². The van der Waals surface area contributed by atoms with Crippen LogP contribution >= 0.6 is 0 Å². The van der Waals surface area contributed by atoms with Crippen molar-refractivity contribution in [1.82, 2.24) is 0 Å². The van der Waals surface area contributed by atoms with Crippen molar-refractivity contribution in [2.45, 2.75) is 65.4 Å². The second kappa shape index (κ2) is 11.7. The lowest BCUT2D eigenvalue weighted by Gasteiger charge is -2.19. The van der Waals surface area contributed by atoms with Gasteiger partial charge < -0.3 is 19.2 Å². The highest BCUT2D eigenvalue weighted by atomic mass is 16.6. The summed E-state index contributed by atoms with van der Waals surface area (Å²) >= 11 is 0. The van der Waals surface area contributed by atoms with Crippen LogP contribution in [0.15, 0.2) is 57.7 Å². The molecule has 0 bridgehead atoms. The van der Waals surface area contributed by atoms with Crippen LogP contribution in [-0.4, -0.2) is 24.1 Å². The zero-order valence-corrected chi connectivity index (χ0v) is 20.8. The summed E-state index contributed by atoms with van der Waals surface area (Å²) in [7, 11) is 0. The summed E-state index contributed by atoms with van der Waals surface area (Å²) in [6, 6.07) is 12.8. The number of hydrogen-bond acceptors (Lipinski definition) is 6. The molecule has 3 aromatic rings. The van der Waals surface area contributed by atoms with Crippen LogP contribution in [0.4, 0.5) is 5.69 Å². The fourth-order valence-electron chi connectivity index (χ4n) is 3.50. The Kier molecular flexibility index (Phi) is 8.68. The highest BCUT2D eigenvalue weighted by Crippen LogP contribution is 2.24. The van der Waals surface area contributed by atoms with E-state index in [1.54, 1.807) is 63.2 Å². The van der Waals surface area contributed by atoms with E-state index >= 15 is 0 Å². The van der Waals surface area contributed by atoms with Gasteiger partial charge in [-0.1, -0.05) is 38.7 Å². The topological polar surface area (TPSA) is 94.8 Å². The van der Waals surface area contributed by atoms with Gasteiger partial charge in [-0.2, -0.15) is 0 Å². The van der Waals surface area contributed by atoms with Crippen LogP contribution < -0.4 is 15.5 Å². The number of carbonyl (C=O) groups is 2. The largest absolute Gasteiger partial charge is 0.494 e. The van der Waals surface area contributed by atoms with Crippen molar-refractivity contribution in [2.24, 2.45) is 0 Å². The second-order valence-electron chi connectivity index (χ2n) is 9.40. The van der Waals surface area contributed by atoms with E-state index in [2.05, 4.69) is 12.2 Å². The van der Waals surface area contributed by atoms with E-state index in [-0.39, 0.29) is 28.3 Å². The zero-order chi connectivity index (χ0) is 25.4. The molecule has 0 spiro atoms. The molecule has 1 aromatic heterocycles. The molecule has 35 heavy (non-hydrogen) atoms. The fraction of sp³-hybridized carbons (Fsp3) is 0.393. The molecular weight excluding hydrogens is 446 g/mol. The van der Waals surface area contributed by atoms with Gasteiger partial charge in [0.05, 0.1) is 17.7 Å². The van der Waals surface area contributed by atoms with Crippen molar-refractivity contribution >= 4 is 28.5 Å². The molecule has 0 radical (unpaired) electrons. The van der Waals surface area contributed by atoms with Crippen LogP contribution in [0, 0.1) is 0 Å². The maximum Gasteiger partial charge on any atom is 0.374 e. The summed E-state index contributed by atoms with van der Waals surface area (Å²) in [5, 5.41) is 3.02. The van der Waals surface area contributed by atoms with Gasteiger partial charge in [0, 0.05) is 11.6 Å². The molecule has 186 valence electrons. The number of rotatable bonds is 10. The molecule has 0 fully saturated rings. The van der Waals surface area contributed by atoms with Gasteiger partial charge in [-0.15, -0.1) is 0 Å². The van der Waals surface area contributed by atoms with Gasteiger partial charge in [0.15, 0.2) is 11.0 Å². The Labute approximate surface area is 205 Å². The Bertz CT molecular complexity index is 1220. The van der Waals surface area contributed by atoms with Crippen LogP contribution in [0.5, 0.6) is 5.75 Å². The summed E-state index contributed by atoms with van der Waals surface area (Å²) in [5.74, 6) is -0.655. The van der Waals surface area contributed by atoms with Crippen LogP contribution in [0.25, 0.3) is 11.0 Å². The average molecular weight is 480 g/mol. The molecule has 7 heteroatoms. The first-order chi connectivity index (χ1) is 16.7. The lowest BCUT2D eigenvalue weighted by molar-refractivity contribution is 0.00364. The van der Waals surface area contributed by atoms with Gasteiger partial charge in [0.2, 0.25) is 5.76 Å². The third kappa shape index (κ3) is 7.44. The van der Waals surface area contributed by atoms with E-state index in [1.807, 2.05) is 0 Å². The van der Waals surface area contributed by atoms with Gasteiger partial charge in [-0.3, -0.25) is 9.59 Å². The summed E-state index contributed by atoms with van der Waals surface area (Å²) in [6.45, 7) is 7.99. The molecular formula is C28H33NO6. The number of carbonyl (C=O) groups excluding carboxylic acids is 2. The van der Waals surface area contributed by atoms with Gasteiger partial charge in [0.25, 0.3) is 5.91 Å². The molecule has 0 aliphatic carbocycles. The summed E-state index contributed by atoms with van der Waals surface area (Å²) in [4.78, 5) is 37.9. The van der Waals surface area contributed by atoms with E-state index < -0.39 is 17.0 Å².